The molecule has 2 aliphatic rings. The summed E-state index contributed by atoms with van der Waals surface area (Å²) in [6, 6.07) is 8.34. The van der Waals surface area contributed by atoms with Gasteiger partial charge < -0.3 is 10.2 Å². The van der Waals surface area contributed by atoms with Gasteiger partial charge in [0.15, 0.2) is 9.84 Å². The van der Waals surface area contributed by atoms with Gasteiger partial charge in [-0.05, 0) is 37.9 Å². The van der Waals surface area contributed by atoms with Crippen LogP contribution in [-0.2, 0) is 9.84 Å². The fourth-order valence-corrected chi connectivity index (χ4v) is 4.54. The second kappa shape index (κ2) is 5.47. The van der Waals surface area contributed by atoms with Crippen LogP contribution in [0.15, 0.2) is 29.2 Å². The highest BCUT2D eigenvalue weighted by atomic mass is 32.2. The number of hydrogen-bond donors (Lipinski definition) is 1. The van der Waals surface area contributed by atoms with E-state index >= 15 is 0 Å². The molecule has 4 nitrogen and oxygen atoms in total. The van der Waals surface area contributed by atoms with Crippen molar-refractivity contribution in [2.75, 3.05) is 25.9 Å². The number of benzene rings is 1. The van der Waals surface area contributed by atoms with Gasteiger partial charge in [0.1, 0.15) is 0 Å². The van der Waals surface area contributed by atoms with E-state index in [-0.39, 0.29) is 11.8 Å². The lowest BCUT2D eigenvalue weighted by atomic mass is 10.0. The molecule has 0 radical (unpaired) electrons. The zero-order valence-corrected chi connectivity index (χ0v) is 12.7. The summed E-state index contributed by atoms with van der Waals surface area (Å²) < 4.78 is 24.1. The van der Waals surface area contributed by atoms with Gasteiger partial charge in [-0.25, -0.2) is 8.42 Å². The molecule has 3 rings (SSSR count). The summed E-state index contributed by atoms with van der Waals surface area (Å²) in [6.45, 7) is 1.93. The molecule has 0 amide bonds. The van der Waals surface area contributed by atoms with Crippen molar-refractivity contribution in [3.63, 3.8) is 0 Å². The molecule has 1 aliphatic heterocycles. The molecule has 1 aromatic carbocycles. The third-order valence-electron chi connectivity index (χ3n) is 4.33. The molecule has 5 heteroatoms. The van der Waals surface area contributed by atoms with Gasteiger partial charge in [0.05, 0.1) is 10.6 Å². The number of likely N-dealkylation sites (N-methyl/N-ethyl adjacent to an activating group) is 1. The normalized spacial score (nSPS) is 24.6. The Balaban J connectivity index is 1.65. The average Bonchev–Trinajstić information content (AvgIpc) is 3.26. The number of nitrogens with one attached hydrogen (secondary N) is 1. The van der Waals surface area contributed by atoms with Crippen LogP contribution >= 0.6 is 0 Å². The van der Waals surface area contributed by atoms with Crippen LogP contribution in [0.5, 0.6) is 0 Å². The summed E-state index contributed by atoms with van der Waals surface area (Å²) in [6.07, 6.45) is 3.31. The van der Waals surface area contributed by atoms with Crippen LogP contribution < -0.4 is 5.32 Å². The molecule has 1 aromatic rings. The highest BCUT2D eigenvalue weighted by molar-refractivity contribution is 7.91. The first-order valence-electron chi connectivity index (χ1n) is 7.33. The Labute approximate surface area is 121 Å². The van der Waals surface area contributed by atoms with Crippen LogP contribution in [0.3, 0.4) is 0 Å². The average molecular weight is 294 g/mol. The largest absolute Gasteiger partial charge is 0.309 e. The Morgan fingerprint density at radius 3 is 2.75 bits per heavy atom. The van der Waals surface area contributed by atoms with Crippen molar-refractivity contribution >= 4 is 9.84 Å². The fraction of sp³-hybridized carbons (Fsp3) is 0.600. The fourth-order valence-electron chi connectivity index (χ4n) is 2.92. The Morgan fingerprint density at radius 1 is 1.25 bits per heavy atom. The van der Waals surface area contributed by atoms with Gasteiger partial charge in [-0.3, -0.25) is 0 Å². The molecule has 20 heavy (non-hydrogen) atoms. The van der Waals surface area contributed by atoms with Crippen molar-refractivity contribution in [3.8, 4) is 0 Å². The van der Waals surface area contributed by atoms with E-state index in [0.29, 0.717) is 11.3 Å². The van der Waals surface area contributed by atoms with E-state index in [9.17, 15) is 8.42 Å². The summed E-state index contributed by atoms with van der Waals surface area (Å²) in [4.78, 5) is 2.90. The molecule has 110 valence electrons. The maximum Gasteiger partial charge on any atom is 0.178 e. The molecule has 0 bridgehead atoms. The second-order valence-electron chi connectivity index (χ2n) is 5.86. The summed E-state index contributed by atoms with van der Waals surface area (Å²) in [5.41, 5.74) is 0.938. The van der Waals surface area contributed by atoms with Gasteiger partial charge in [0.2, 0.25) is 0 Å². The van der Waals surface area contributed by atoms with Gasteiger partial charge >= 0.3 is 0 Å². The van der Waals surface area contributed by atoms with Crippen LogP contribution in [0.1, 0.15) is 30.9 Å². The minimum atomic E-state index is -3.07. The van der Waals surface area contributed by atoms with Gasteiger partial charge in [0, 0.05) is 25.2 Å². The van der Waals surface area contributed by atoms with Crippen LogP contribution in [0.25, 0.3) is 0 Å². The highest BCUT2D eigenvalue weighted by Gasteiger charge is 2.30. The Hall–Kier alpha value is -0.910. The van der Waals surface area contributed by atoms with Gasteiger partial charge in [-0.15, -0.1) is 0 Å². The maximum absolute atomic E-state index is 12.1. The molecular formula is C15H22N2O2S. The third-order valence-corrected chi connectivity index (χ3v) is 6.15. The SMILES string of the molecule is CN(CCNC1CCS(=O)(=O)c2ccccc21)C1CC1. The first-order valence-corrected chi connectivity index (χ1v) is 8.98. The van der Waals surface area contributed by atoms with E-state index in [1.807, 2.05) is 12.1 Å². The third kappa shape index (κ3) is 2.90. The van der Waals surface area contributed by atoms with Crippen molar-refractivity contribution < 1.29 is 8.42 Å². The number of rotatable bonds is 5. The molecular weight excluding hydrogens is 272 g/mol. The number of fused-ring (bicyclic) bond motifs is 1. The minimum Gasteiger partial charge on any atom is -0.309 e. The van der Waals surface area contributed by atoms with Crippen molar-refractivity contribution in [3.05, 3.63) is 29.8 Å². The van der Waals surface area contributed by atoms with Crippen LogP contribution in [-0.4, -0.2) is 45.2 Å². The molecule has 0 aromatic heterocycles. The van der Waals surface area contributed by atoms with Crippen LogP contribution in [0.4, 0.5) is 0 Å². The van der Waals surface area contributed by atoms with E-state index in [1.165, 1.54) is 12.8 Å². The van der Waals surface area contributed by atoms with E-state index in [4.69, 9.17) is 0 Å². The molecule has 0 saturated heterocycles. The maximum atomic E-state index is 12.1. The van der Waals surface area contributed by atoms with Gasteiger partial charge in [0.25, 0.3) is 0 Å². The summed E-state index contributed by atoms with van der Waals surface area (Å²) in [5.74, 6) is 0.250. The van der Waals surface area contributed by atoms with Gasteiger partial charge in [-0.1, -0.05) is 18.2 Å². The molecule has 1 saturated carbocycles. The molecule has 1 fully saturated rings. The standard InChI is InChI=1S/C15H22N2O2S/c1-17(12-6-7-12)10-9-16-14-8-11-20(18,19)15-5-3-2-4-13(14)15/h2-5,12,14,16H,6-11H2,1H3. The van der Waals surface area contributed by atoms with E-state index in [2.05, 4.69) is 17.3 Å². The molecule has 1 heterocycles. The summed E-state index contributed by atoms with van der Waals surface area (Å²) in [7, 11) is -0.905. The Bertz CT molecular complexity index is 581. The molecule has 1 atom stereocenters. The lowest BCUT2D eigenvalue weighted by Crippen LogP contribution is -2.35. The van der Waals surface area contributed by atoms with Crippen molar-refractivity contribution in [1.29, 1.82) is 0 Å². The van der Waals surface area contributed by atoms with Crippen molar-refractivity contribution in [2.45, 2.75) is 36.2 Å². The predicted molar refractivity (Wildman–Crippen MR) is 79.5 cm³/mol. The minimum absolute atomic E-state index is 0.169. The number of nitrogens with zero attached hydrogens (tertiary/aromatic N) is 1. The summed E-state index contributed by atoms with van der Waals surface area (Å²) >= 11 is 0. The zero-order valence-electron chi connectivity index (χ0n) is 11.9. The molecule has 1 unspecified atom stereocenters. The van der Waals surface area contributed by atoms with Crippen molar-refractivity contribution in [1.82, 2.24) is 10.2 Å². The quantitative estimate of drug-likeness (QED) is 0.896. The molecule has 0 spiro atoms. The predicted octanol–water partition coefficient (Wildman–Crippen LogP) is 1.59. The Morgan fingerprint density at radius 2 is 2.00 bits per heavy atom. The van der Waals surface area contributed by atoms with Crippen LogP contribution in [0.2, 0.25) is 0 Å². The molecule has 1 aliphatic carbocycles. The van der Waals surface area contributed by atoms with E-state index < -0.39 is 9.84 Å². The molecule has 1 N–H and O–H groups in total. The number of hydrogen-bond acceptors (Lipinski definition) is 4. The lowest BCUT2D eigenvalue weighted by Gasteiger charge is -2.27. The smallest absolute Gasteiger partial charge is 0.178 e. The van der Waals surface area contributed by atoms with Gasteiger partial charge in [-0.2, -0.15) is 0 Å². The Kier molecular flexibility index (Phi) is 3.84. The lowest BCUT2D eigenvalue weighted by molar-refractivity contribution is 0.312. The first kappa shape index (κ1) is 14.0. The van der Waals surface area contributed by atoms with E-state index in [0.717, 1.165) is 24.7 Å². The second-order valence-corrected chi connectivity index (χ2v) is 7.94. The zero-order chi connectivity index (χ0) is 14.2. The van der Waals surface area contributed by atoms with E-state index in [1.54, 1.807) is 12.1 Å². The van der Waals surface area contributed by atoms with Crippen molar-refractivity contribution in [2.24, 2.45) is 0 Å². The monoisotopic (exact) mass is 294 g/mol. The highest BCUT2D eigenvalue weighted by Crippen LogP contribution is 2.31. The first-order chi connectivity index (χ1) is 9.58. The number of sulfone groups is 1. The summed E-state index contributed by atoms with van der Waals surface area (Å²) in [5, 5.41) is 3.52. The topological polar surface area (TPSA) is 49.4 Å². The van der Waals surface area contributed by atoms with Crippen LogP contribution in [0, 0.1) is 0 Å².